The second-order valence-electron chi connectivity index (χ2n) is 7.69. The van der Waals surface area contributed by atoms with Gasteiger partial charge in [-0.1, -0.05) is 18.5 Å². The minimum Gasteiger partial charge on any atom is -0.338 e. The molecular formula is C20H27ClN2O4S. The zero-order valence-electron chi connectivity index (χ0n) is 16.1. The van der Waals surface area contributed by atoms with E-state index in [1.807, 2.05) is 6.92 Å². The summed E-state index contributed by atoms with van der Waals surface area (Å²) in [5, 5.41) is 0.574. The molecule has 0 bridgehead atoms. The fraction of sp³-hybridized carbons (Fsp3) is 0.600. The predicted molar refractivity (Wildman–Crippen MR) is 109 cm³/mol. The fourth-order valence-electron chi connectivity index (χ4n) is 4.11. The lowest BCUT2D eigenvalue weighted by atomic mass is 9.95. The van der Waals surface area contributed by atoms with Crippen LogP contribution in [0.1, 0.15) is 43.0 Å². The van der Waals surface area contributed by atoms with Crippen molar-refractivity contribution in [1.29, 1.82) is 0 Å². The maximum atomic E-state index is 13.2. The lowest BCUT2D eigenvalue weighted by Gasteiger charge is -2.37. The van der Waals surface area contributed by atoms with Crippen molar-refractivity contribution >= 4 is 33.3 Å². The Kier molecular flexibility index (Phi) is 6.65. The number of rotatable bonds is 5. The number of likely N-dealkylation sites (tertiary alicyclic amines) is 1. The molecule has 8 heteroatoms. The minimum atomic E-state index is -3.06. The third kappa shape index (κ3) is 4.87. The Hall–Kier alpha value is -1.60. The van der Waals surface area contributed by atoms with Gasteiger partial charge in [0.2, 0.25) is 5.91 Å². The van der Waals surface area contributed by atoms with Crippen LogP contribution in [-0.4, -0.2) is 67.2 Å². The number of piperidine rings is 1. The van der Waals surface area contributed by atoms with E-state index in [4.69, 9.17) is 11.6 Å². The third-order valence-electron chi connectivity index (χ3n) is 5.55. The third-order valence-corrected chi connectivity index (χ3v) is 7.55. The van der Waals surface area contributed by atoms with Gasteiger partial charge in [0.05, 0.1) is 17.4 Å². The molecule has 2 amide bonds. The van der Waals surface area contributed by atoms with Gasteiger partial charge in [-0.2, -0.15) is 0 Å². The smallest absolute Gasteiger partial charge is 0.253 e. The van der Waals surface area contributed by atoms with Crippen LogP contribution < -0.4 is 0 Å². The zero-order chi connectivity index (χ0) is 20.3. The zero-order valence-corrected chi connectivity index (χ0v) is 17.7. The van der Waals surface area contributed by atoms with Crippen LogP contribution in [0.5, 0.6) is 0 Å². The summed E-state index contributed by atoms with van der Waals surface area (Å²) in [7, 11) is -3.06. The SMILES string of the molecule is CCCN(C(=O)[C@@H]1CCCN(C(=O)c2ccc(Cl)cc2)C1)[C@H]1CCS(=O)(=O)C1. The number of hydrogen-bond donors (Lipinski definition) is 0. The molecule has 0 N–H and O–H groups in total. The average molecular weight is 427 g/mol. The number of sulfone groups is 1. The molecule has 2 saturated heterocycles. The van der Waals surface area contributed by atoms with E-state index in [0.717, 1.165) is 19.3 Å². The summed E-state index contributed by atoms with van der Waals surface area (Å²) in [5.74, 6) is -0.187. The molecule has 0 aliphatic carbocycles. The van der Waals surface area contributed by atoms with Gasteiger partial charge in [-0.05, 0) is 49.9 Å². The van der Waals surface area contributed by atoms with Crippen LogP contribution in [0.15, 0.2) is 24.3 Å². The molecule has 0 spiro atoms. The normalized spacial score (nSPS) is 24.1. The van der Waals surface area contributed by atoms with Crippen LogP contribution in [0.4, 0.5) is 0 Å². The number of halogens is 1. The van der Waals surface area contributed by atoms with Gasteiger partial charge in [-0.15, -0.1) is 0 Å². The van der Waals surface area contributed by atoms with Gasteiger partial charge in [0.25, 0.3) is 5.91 Å². The number of carbonyl (C=O) groups is 2. The van der Waals surface area contributed by atoms with Crippen molar-refractivity contribution in [2.45, 2.75) is 38.6 Å². The predicted octanol–water partition coefficient (Wildman–Crippen LogP) is 2.62. The Morgan fingerprint density at radius 1 is 1.21 bits per heavy atom. The van der Waals surface area contributed by atoms with E-state index in [0.29, 0.717) is 36.6 Å². The first-order valence-corrected chi connectivity index (χ1v) is 12.1. The quantitative estimate of drug-likeness (QED) is 0.725. The Morgan fingerprint density at radius 2 is 1.93 bits per heavy atom. The van der Waals surface area contributed by atoms with Gasteiger partial charge in [-0.3, -0.25) is 9.59 Å². The largest absolute Gasteiger partial charge is 0.338 e. The van der Waals surface area contributed by atoms with E-state index in [-0.39, 0.29) is 35.3 Å². The lowest BCUT2D eigenvalue weighted by Crippen LogP contribution is -2.50. The monoisotopic (exact) mass is 426 g/mol. The molecule has 1 aromatic rings. The summed E-state index contributed by atoms with van der Waals surface area (Å²) >= 11 is 5.90. The van der Waals surface area contributed by atoms with Crippen molar-refractivity contribution in [2.75, 3.05) is 31.1 Å². The molecule has 0 aromatic heterocycles. The Labute approximate surface area is 171 Å². The topological polar surface area (TPSA) is 74.8 Å². The van der Waals surface area contributed by atoms with Crippen LogP contribution in [0.3, 0.4) is 0 Å². The molecule has 0 radical (unpaired) electrons. The molecule has 3 rings (SSSR count). The average Bonchev–Trinajstić information content (AvgIpc) is 3.05. The lowest BCUT2D eigenvalue weighted by molar-refractivity contribution is -0.139. The first-order valence-electron chi connectivity index (χ1n) is 9.86. The second kappa shape index (κ2) is 8.82. The van der Waals surface area contributed by atoms with E-state index < -0.39 is 9.84 Å². The van der Waals surface area contributed by atoms with Gasteiger partial charge in [0.15, 0.2) is 9.84 Å². The van der Waals surface area contributed by atoms with E-state index in [1.165, 1.54) is 0 Å². The van der Waals surface area contributed by atoms with E-state index in [9.17, 15) is 18.0 Å². The van der Waals surface area contributed by atoms with Crippen LogP contribution in [-0.2, 0) is 14.6 Å². The maximum absolute atomic E-state index is 13.2. The Balaban J connectivity index is 1.70. The molecule has 154 valence electrons. The molecule has 6 nitrogen and oxygen atoms in total. The number of nitrogens with zero attached hydrogens (tertiary/aromatic N) is 2. The summed E-state index contributed by atoms with van der Waals surface area (Å²) < 4.78 is 23.7. The summed E-state index contributed by atoms with van der Waals surface area (Å²) in [6, 6.07) is 6.53. The second-order valence-corrected chi connectivity index (χ2v) is 10.4. The minimum absolute atomic E-state index is 0.0162. The Morgan fingerprint density at radius 3 is 2.54 bits per heavy atom. The molecule has 0 unspecified atom stereocenters. The van der Waals surface area contributed by atoms with Crippen LogP contribution in [0.25, 0.3) is 0 Å². The molecule has 1 aromatic carbocycles. The molecule has 2 fully saturated rings. The molecule has 2 heterocycles. The van der Waals surface area contributed by atoms with Gasteiger partial charge < -0.3 is 9.80 Å². The van der Waals surface area contributed by atoms with Gasteiger partial charge >= 0.3 is 0 Å². The number of hydrogen-bond acceptors (Lipinski definition) is 4. The van der Waals surface area contributed by atoms with Gasteiger partial charge in [0, 0.05) is 36.3 Å². The summed E-state index contributed by atoms with van der Waals surface area (Å²) in [4.78, 5) is 29.5. The summed E-state index contributed by atoms with van der Waals surface area (Å²) in [6.07, 6.45) is 2.78. The molecule has 2 aliphatic heterocycles. The number of benzene rings is 1. The van der Waals surface area contributed by atoms with Crippen LogP contribution in [0.2, 0.25) is 5.02 Å². The highest BCUT2D eigenvalue weighted by atomic mass is 35.5. The van der Waals surface area contributed by atoms with Crippen LogP contribution in [0, 0.1) is 5.92 Å². The first-order chi connectivity index (χ1) is 13.3. The van der Waals surface area contributed by atoms with E-state index in [2.05, 4.69) is 0 Å². The maximum Gasteiger partial charge on any atom is 0.253 e. The van der Waals surface area contributed by atoms with Crippen molar-refractivity contribution in [3.05, 3.63) is 34.9 Å². The van der Waals surface area contributed by atoms with Gasteiger partial charge in [-0.25, -0.2) is 8.42 Å². The standard InChI is InChI=1S/C20H27ClN2O4S/c1-2-10-23(18-9-12-28(26,27)14-18)20(25)16-4-3-11-22(13-16)19(24)15-5-7-17(21)8-6-15/h5-8,16,18H,2-4,9-14H2,1H3/t16-,18+/m1/s1. The van der Waals surface area contributed by atoms with E-state index >= 15 is 0 Å². The highest BCUT2D eigenvalue weighted by Crippen LogP contribution is 2.25. The van der Waals surface area contributed by atoms with Crippen molar-refractivity contribution in [3.63, 3.8) is 0 Å². The van der Waals surface area contributed by atoms with Crippen LogP contribution >= 0.6 is 11.6 Å². The molecule has 0 saturated carbocycles. The Bertz CT molecular complexity index is 825. The van der Waals surface area contributed by atoms with Crippen molar-refractivity contribution in [2.24, 2.45) is 5.92 Å². The molecule has 2 atom stereocenters. The number of amides is 2. The van der Waals surface area contributed by atoms with Crippen molar-refractivity contribution in [1.82, 2.24) is 9.80 Å². The highest BCUT2D eigenvalue weighted by molar-refractivity contribution is 7.91. The summed E-state index contributed by atoms with van der Waals surface area (Å²) in [6.45, 7) is 3.54. The van der Waals surface area contributed by atoms with Crippen molar-refractivity contribution in [3.8, 4) is 0 Å². The van der Waals surface area contributed by atoms with E-state index in [1.54, 1.807) is 34.1 Å². The first kappa shape index (κ1) is 21.1. The highest BCUT2D eigenvalue weighted by Gasteiger charge is 2.38. The molecular weight excluding hydrogens is 400 g/mol. The summed E-state index contributed by atoms with van der Waals surface area (Å²) in [5.41, 5.74) is 0.560. The van der Waals surface area contributed by atoms with Gasteiger partial charge in [0.1, 0.15) is 0 Å². The fourth-order valence-corrected chi connectivity index (χ4v) is 5.96. The number of carbonyl (C=O) groups excluding carboxylic acids is 2. The van der Waals surface area contributed by atoms with Crippen molar-refractivity contribution < 1.29 is 18.0 Å². The molecule has 28 heavy (non-hydrogen) atoms. The molecule has 2 aliphatic rings.